The van der Waals surface area contributed by atoms with E-state index in [9.17, 15) is 31.2 Å². The standard InChI is InChI=1S/C30H30F3N3O5S/c1-3-4-5-13-26(37)36-42(39,40)25-12-7-6-11-24(25)34-29(38)21-16-14-20(15-17-21)27-19(2)28(41-35-27)22-9-8-10-23(18-22)30(31,32)33/h6-12,14-18,24-25H,3-5,13H2,1-2H3,(H,34,38)(H,36,37). The van der Waals surface area contributed by atoms with E-state index < -0.39 is 44.9 Å². The first-order valence-corrected chi connectivity index (χ1v) is 14.9. The summed E-state index contributed by atoms with van der Waals surface area (Å²) < 4.78 is 72.8. The Balaban J connectivity index is 1.46. The van der Waals surface area contributed by atoms with Gasteiger partial charge in [0.2, 0.25) is 15.9 Å². The van der Waals surface area contributed by atoms with Gasteiger partial charge in [0.25, 0.3) is 5.91 Å². The zero-order valence-electron chi connectivity index (χ0n) is 22.9. The molecular weight excluding hydrogens is 571 g/mol. The molecule has 0 spiro atoms. The summed E-state index contributed by atoms with van der Waals surface area (Å²) in [4.78, 5) is 25.2. The lowest BCUT2D eigenvalue weighted by atomic mass is 10.0. The molecule has 0 aliphatic heterocycles. The molecule has 0 fully saturated rings. The molecule has 0 saturated heterocycles. The van der Waals surface area contributed by atoms with Crippen molar-refractivity contribution in [3.63, 3.8) is 0 Å². The predicted molar refractivity (Wildman–Crippen MR) is 152 cm³/mol. The third-order valence-corrected chi connectivity index (χ3v) is 8.48. The van der Waals surface area contributed by atoms with Crippen molar-refractivity contribution in [3.8, 4) is 22.6 Å². The Morgan fingerprint density at radius 3 is 2.40 bits per heavy atom. The summed E-state index contributed by atoms with van der Waals surface area (Å²) in [6.07, 6.45) is 3.96. The molecule has 1 aliphatic rings. The zero-order valence-corrected chi connectivity index (χ0v) is 23.8. The molecule has 222 valence electrons. The number of hydrogen-bond acceptors (Lipinski definition) is 6. The molecule has 0 radical (unpaired) electrons. The predicted octanol–water partition coefficient (Wildman–Crippen LogP) is 5.96. The lowest BCUT2D eigenvalue weighted by Crippen LogP contribution is -2.50. The number of alkyl halides is 3. The topological polar surface area (TPSA) is 118 Å². The molecule has 2 amide bonds. The first-order valence-electron chi connectivity index (χ1n) is 13.4. The molecule has 3 aromatic rings. The Morgan fingerprint density at radius 1 is 1.00 bits per heavy atom. The summed E-state index contributed by atoms with van der Waals surface area (Å²) in [5, 5.41) is 5.54. The highest BCUT2D eigenvalue weighted by Gasteiger charge is 2.34. The Morgan fingerprint density at radius 2 is 1.71 bits per heavy atom. The van der Waals surface area contributed by atoms with Gasteiger partial charge in [0.15, 0.2) is 5.76 Å². The Labute approximate surface area is 241 Å². The fourth-order valence-corrected chi connectivity index (χ4v) is 5.95. The summed E-state index contributed by atoms with van der Waals surface area (Å²) in [6.45, 7) is 3.65. The van der Waals surface area contributed by atoms with Crippen molar-refractivity contribution >= 4 is 21.8 Å². The first kappa shape index (κ1) is 30.8. The minimum atomic E-state index is -4.50. The Bertz CT molecular complexity index is 1610. The van der Waals surface area contributed by atoms with Gasteiger partial charge in [-0.05, 0) is 37.6 Å². The van der Waals surface area contributed by atoms with E-state index in [2.05, 4.69) is 15.2 Å². The van der Waals surface area contributed by atoms with Crippen LogP contribution in [0.1, 0.15) is 54.1 Å². The molecule has 4 rings (SSSR count). The number of carbonyl (C=O) groups is 2. The highest BCUT2D eigenvalue weighted by molar-refractivity contribution is 7.90. The van der Waals surface area contributed by atoms with Gasteiger partial charge in [-0.3, -0.25) is 14.3 Å². The van der Waals surface area contributed by atoms with Gasteiger partial charge < -0.3 is 9.84 Å². The van der Waals surface area contributed by atoms with Crippen LogP contribution in [0.5, 0.6) is 0 Å². The molecule has 42 heavy (non-hydrogen) atoms. The normalized spacial score (nSPS) is 16.8. The van der Waals surface area contributed by atoms with E-state index in [-0.39, 0.29) is 23.3 Å². The first-order chi connectivity index (χ1) is 19.9. The number of allylic oxidation sites excluding steroid dienone is 2. The summed E-state index contributed by atoms with van der Waals surface area (Å²) in [5.74, 6) is -0.936. The SMILES string of the molecule is CCCCCC(=O)NS(=O)(=O)C1C=CC=CC1NC(=O)c1ccc(-c2noc(-c3cccc(C(F)(F)F)c3)c2C)cc1. The van der Waals surface area contributed by atoms with Crippen LogP contribution >= 0.6 is 0 Å². The van der Waals surface area contributed by atoms with Crippen molar-refractivity contribution in [3.05, 3.63) is 89.5 Å². The Kier molecular flexibility index (Phi) is 9.35. The number of halogens is 3. The van der Waals surface area contributed by atoms with Gasteiger partial charge in [-0.25, -0.2) is 8.42 Å². The number of hydrogen-bond donors (Lipinski definition) is 2. The fraction of sp³-hybridized carbons (Fsp3) is 0.300. The molecule has 1 heterocycles. The van der Waals surface area contributed by atoms with Crippen LogP contribution in [0.2, 0.25) is 0 Å². The largest absolute Gasteiger partial charge is 0.416 e. The average molecular weight is 602 g/mol. The van der Waals surface area contributed by atoms with Gasteiger partial charge in [-0.2, -0.15) is 13.2 Å². The van der Waals surface area contributed by atoms with Gasteiger partial charge in [0.05, 0.1) is 11.6 Å². The summed E-state index contributed by atoms with van der Waals surface area (Å²) in [5.41, 5.74) is 1.15. The van der Waals surface area contributed by atoms with E-state index in [0.717, 1.165) is 25.0 Å². The molecule has 12 heteroatoms. The van der Waals surface area contributed by atoms with Crippen LogP contribution in [0.4, 0.5) is 13.2 Å². The molecule has 2 aromatic carbocycles. The lowest BCUT2D eigenvalue weighted by molar-refractivity contribution is -0.137. The summed E-state index contributed by atoms with van der Waals surface area (Å²) >= 11 is 0. The van der Waals surface area contributed by atoms with Gasteiger partial charge in [-0.15, -0.1) is 0 Å². The van der Waals surface area contributed by atoms with Gasteiger partial charge in [0.1, 0.15) is 10.9 Å². The second-order valence-corrected chi connectivity index (χ2v) is 11.7. The summed E-state index contributed by atoms with van der Waals surface area (Å²) in [6, 6.07) is 10.1. The van der Waals surface area contributed by atoms with Crippen molar-refractivity contribution < 1.29 is 35.7 Å². The van der Waals surface area contributed by atoms with Crippen molar-refractivity contribution in [1.82, 2.24) is 15.2 Å². The lowest BCUT2D eigenvalue weighted by Gasteiger charge is -2.25. The van der Waals surface area contributed by atoms with Crippen molar-refractivity contribution in [1.29, 1.82) is 0 Å². The van der Waals surface area contributed by atoms with Gasteiger partial charge in [0, 0.05) is 28.7 Å². The third kappa shape index (κ3) is 7.17. The maximum absolute atomic E-state index is 13.2. The van der Waals surface area contributed by atoms with E-state index in [1.54, 1.807) is 25.1 Å². The zero-order chi connectivity index (χ0) is 30.5. The minimum absolute atomic E-state index is 0.0924. The van der Waals surface area contributed by atoms with Crippen molar-refractivity contribution in [2.45, 2.75) is 57.0 Å². The number of amides is 2. The van der Waals surface area contributed by atoms with Crippen molar-refractivity contribution in [2.24, 2.45) is 0 Å². The van der Waals surface area contributed by atoms with Crippen LogP contribution < -0.4 is 10.0 Å². The number of nitrogens with one attached hydrogen (secondary N) is 2. The maximum Gasteiger partial charge on any atom is 0.416 e. The van der Waals surface area contributed by atoms with E-state index in [1.807, 2.05) is 6.92 Å². The number of benzene rings is 2. The van der Waals surface area contributed by atoms with E-state index in [0.29, 0.717) is 23.2 Å². The van der Waals surface area contributed by atoms with Crippen LogP contribution in [0.15, 0.2) is 77.4 Å². The van der Waals surface area contributed by atoms with Crippen LogP contribution in [0.25, 0.3) is 22.6 Å². The second kappa shape index (κ2) is 12.8. The van der Waals surface area contributed by atoms with E-state index >= 15 is 0 Å². The highest BCUT2D eigenvalue weighted by Crippen LogP contribution is 2.35. The smallest absolute Gasteiger partial charge is 0.355 e. The molecule has 0 bridgehead atoms. The van der Waals surface area contributed by atoms with Crippen LogP contribution in [-0.2, 0) is 21.0 Å². The maximum atomic E-state index is 13.2. The summed E-state index contributed by atoms with van der Waals surface area (Å²) in [7, 11) is -4.11. The number of nitrogens with zero attached hydrogens (tertiary/aromatic N) is 1. The molecule has 1 aliphatic carbocycles. The molecule has 8 nitrogen and oxygen atoms in total. The number of rotatable bonds is 10. The fourth-order valence-electron chi connectivity index (χ4n) is 4.55. The quantitative estimate of drug-likeness (QED) is 0.277. The van der Waals surface area contributed by atoms with Crippen LogP contribution in [-0.4, -0.2) is 36.7 Å². The highest BCUT2D eigenvalue weighted by atomic mass is 32.2. The van der Waals surface area contributed by atoms with E-state index in [1.165, 1.54) is 42.5 Å². The number of sulfonamides is 1. The number of aromatic nitrogens is 1. The van der Waals surface area contributed by atoms with Crippen molar-refractivity contribution in [2.75, 3.05) is 0 Å². The molecule has 1 aromatic heterocycles. The van der Waals surface area contributed by atoms with Gasteiger partial charge in [-0.1, -0.05) is 73.5 Å². The van der Waals surface area contributed by atoms with Crippen LogP contribution in [0.3, 0.4) is 0 Å². The molecule has 0 saturated carbocycles. The average Bonchev–Trinajstić information content (AvgIpc) is 3.34. The number of carbonyl (C=O) groups excluding carboxylic acids is 2. The monoisotopic (exact) mass is 601 g/mol. The molecule has 2 atom stereocenters. The third-order valence-electron chi connectivity index (χ3n) is 6.80. The second-order valence-electron chi connectivity index (χ2n) is 9.90. The van der Waals surface area contributed by atoms with Gasteiger partial charge >= 0.3 is 6.18 Å². The molecular formula is C30H30F3N3O5S. The molecule has 2 unspecified atom stereocenters. The van der Waals surface area contributed by atoms with Crippen LogP contribution in [0, 0.1) is 6.92 Å². The Hall–Kier alpha value is -4.19. The number of unbranched alkanes of at least 4 members (excludes halogenated alkanes) is 2. The van der Waals surface area contributed by atoms with E-state index in [4.69, 9.17) is 4.52 Å². The molecule has 2 N–H and O–H groups in total. The minimum Gasteiger partial charge on any atom is -0.355 e.